The van der Waals surface area contributed by atoms with E-state index < -0.39 is 5.66 Å². The van der Waals surface area contributed by atoms with Crippen LogP contribution in [0.2, 0.25) is 0 Å². The standard InChI is InChI=1S/C6H11N3/c1-4-3-5(7)9-6(4,2)8/h3H,8H2,1-2H3,(H2,7,9). The number of rotatable bonds is 0. The molecule has 1 heterocycles. The third kappa shape index (κ3) is 0.954. The molecule has 3 heteroatoms. The van der Waals surface area contributed by atoms with Crippen molar-refractivity contribution in [3.8, 4) is 0 Å². The number of hydrogen-bond acceptors (Lipinski definition) is 3. The van der Waals surface area contributed by atoms with E-state index in [1.54, 1.807) is 6.08 Å². The summed E-state index contributed by atoms with van der Waals surface area (Å²) < 4.78 is 0. The molecule has 3 nitrogen and oxygen atoms in total. The molecule has 0 fully saturated rings. The molecule has 50 valence electrons. The summed E-state index contributed by atoms with van der Waals surface area (Å²) in [5, 5.41) is 0. The van der Waals surface area contributed by atoms with E-state index in [0.29, 0.717) is 5.84 Å². The topological polar surface area (TPSA) is 64.4 Å². The lowest BCUT2D eigenvalue weighted by Gasteiger charge is -2.14. The van der Waals surface area contributed by atoms with Gasteiger partial charge in [0.25, 0.3) is 0 Å². The van der Waals surface area contributed by atoms with Gasteiger partial charge in [0.2, 0.25) is 0 Å². The molecule has 0 aromatic carbocycles. The molecule has 0 saturated heterocycles. The summed E-state index contributed by atoms with van der Waals surface area (Å²) in [4.78, 5) is 3.98. The maximum Gasteiger partial charge on any atom is 0.129 e. The van der Waals surface area contributed by atoms with Gasteiger partial charge in [0.05, 0.1) is 0 Å². The summed E-state index contributed by atoms with van der Waals surface area (Å²) in [6, 6.07) is 0. The Bertz CT molecular complexity index is 188. The molecule has 1 unspecified atom stereocenters. The Labute approximate surface area is 54.4 Å². The van der Waals surface area contributed by atoms with Crippen molar-refractivity contribution in [2.75, 3.05) is 0 Å². The highest BCUT2D eigenvalue weighted by Crippen LogP contribution is 2.18. The predicted octanol–water partition coefficient (Wildman–Crippen LogP) is -0.0216. The fourth-order valence-corrected chi connectivity index (χ4v) is 0.757. The van der Waals surface area contributed by atoms with Gasteiger partial charge in [-0.1, -0.05) is 0 Å². The lowest BCUT2D eigenvalue weighted by atomic mass is 10.1. The number of nitrogens with zero attached hydrogens (tertiary/aromatic N) is 1. The first-order valence-electron chi connectivity index (χ1n) is 2.85. The Kier molecular flexibility index (Phi) is 1.10. The van der Waals surface area contributed by atoms with Crippen LogP contribution >= 0.6 is 0 Å². The molecule has 1 rings (SSSR count). The zero-order valence-corrected chi connectivity index (χ0v) is 5.68. The number of hydrogen-bond donors (Lipinski definition) is 2. The molecule has 0 radical (unpaired) electrons. The smallest absolute Gasteiger partial charge is 0.129 e. The van der Waals surface area contributed by atoms with Crippen LogP contribution in [0.25, 0.3) is 0 Å². The van der Waals surface area contributed by atoms with Crippen molar-refractivity contribution >= 4 is 5.84 Å². The van der Waals surface area contributed by atoms with E-state index in [9.17, 15) is 0 Å². The molecule has 0 aromatic rings. The van der Waals surface area contributed by atoms with Crippen molar-refractivity contribution in [1.82, 2.24) is 0 Å². The molecule has 0 aromatic heterocycles. The highest BCUT2D eigenvalue weighted by Gasteiger charge is 2.23. The first-order chi connectivity index (χ1) is 4.02. The third-order valence-electron chi connectivity index (χ3n) is 1.52. The summed E-state index contributed by atoms with van der Waals surface area (Å²) in [6.07, 6.45) is 1.79. The summed E-state index contributed by atoms with van der Waals surface area (Å²) in [5.74, 6) is 0.525. The van der Waals surface area contributed by atoms with Crippen molar-refractivity contribution in [3.63, 3.8) is 0 Å². The van der Waals surface area contributed by atoms with Gasteiger partial charge in [0.1, 0.15) is 11.5 Å². The van der Waals surface area contributed by atoms with E-state index in [1.165, 1.54) is 0 Å². The molecule has 0 saturated carbocycles. The summed E-state index contributed by atoms with van der Waals surface area (Å²) >= 11 is 0. The number of aliphatic imine (C=N–C) groups is 1. The lowest BCUT2D eigenvalue weighted by molar-refractivity contribution is 0.593. The average Bonchev–Trinajstić information content (AvgIpc) is 1.79. The molecule has 4 N–H and O–H groups in total. The Morgan fingerprint density at radius 1 is 1.67 bits per heavy atom. The molecular weight excluding hydrogens is 114 g/mol. The van der Waals surface area contributed by atoms with E-state index in [-0.39, 0.29) is 0 Å². The van der Waals surface area contributed by atoms with E-state index in [0.717, 1.165) is 5.57 Å². The number of amidine groups is 1. The minimum Gasteiger partial charge on any atom is -0.384 e. The van der Waals surface area contributed by atoms with Gasteiger partial charge in [-0.15, -0.1) is 0 Å². The van der Waals surface area contributed by atoms with Gasteiger partial charge in [0, 0.05) is 0 Å². The predicted molar refractivity (Wildman–Crippen MR) is 38.0 cm³/mol. The van der Waals surface area contributed by atoms with Gasteiger partial charge >= 0.3 is 0 Å². The Balaban J connectivity index is 2.96. The molecule has 9 heavy (non-hydrogen) atoms. The van der Waals surface area contributed by atoms with Crippen LogP contribution in [0.4, 0.5) is 0 Å². The monoisotopic (exact) mass is 125 g/mol. The highest BCUT2D eigenvalue weighted by atomic mass is 15.1. The molecule has 1 aliphatic rings. The van der Waals surface area contributed by atoms with Crippen LogP contribution < -0.4 is 11.5 Å². The van der Waals surface area contributed by atoms with Crippen molar-refractivity contribution < 1.29 is 0 Å². The fraction of sp³-hybridized carbons (Fsp3) is 0.500. The van der Waals surface area contributed by atoms with E-state index in [2.05, 4.69) is 4.99 Å². The molecule has 0 spiro atoms. The van der Waals surface area contributed by atoms with Crippen LogP contribution in [0.15, 0.2) is 16.6 Å². The summed E-state index contributed by atoms with van der Waals surface area (Å²) in [6.45, 7) is 3.75. The SMILES string of the molecule is CC1=CC(N)=NC1(C)N. The quantitative estimate of drug-likeness (QED) is 0.478. The second-order valence-corrected chi connectivity index (χ2v) is 2.51. The minimum absolute atomic E-state index is 0.525. The average molecular weight is 125 g/mol. The Morgan fingerprint density at radius 3 is 2.33 bits per heavy atom. The summed E-state index contributed by atoms with van der Waals surface area (Å²) in [5.41, 5.74) is 11.5. The van der Waals surface area contributed by atoms with Crippen LogP contribution in [0.5, 0.6) is 0 Å². The van der Waals surface area contributed by atoms with Gasteiger partial charge < -0.3 is 11.5 Å². The van der Waals surface area contributed by atoms with Gasteiger partial charge in [-0.25, -0.2) is 4.99 Å². The maximum atomic E-state index is 5.68. The molecule has 1 aliphatic heterocycles. The Morgan fingerprint density at radius 2 is 2.22 bits per heavy atom. The highest BCUT2D eigenvalue weighted by molar-refractivity contribution is 5.95. The second-order valence-electron chi connectivity index (χ2n) is 2.51. The third-order valence-corrected chi connectivity index (χ3v) is 1.52. The first-order valence-corrected chi connectivity index (χ1v) is 2.85. The van der Waals surface area contributed by atoms with Gasteiger partial charge in [-0.05, 0) is 25.5 Å². The van der Waals surface area contributed by atoms with Gasteiger partial charge in [-0.3, -0.25) is 0 Å². The van der Waals surface area contributed by atoms with Crippen LogP contribution in [-0.2, 0) is 0 Å². The van der Waals surface area contributed by atoms with Crippen LogP contribution in [0.3, 0.4) is 0 Å². The largest absolute Gasteiger partial charge is 0.384 e. The number of nitrogens with two attached hydrogens (primary N) is 2. The fourth-order valence-electron chi connectivity index (χ4n) is 0.757. The van der Waals surface area contributed by atoms with Gasteiger partial charge in [-0.2, -0.15) is 0 Å². The first kappa shape index (κ1) is 6.29. The van der Waals surface area contributed by atoms with Crippen molar-refractivity contribution in [2.45, 2.75) is 19.5 Å². The van der Waals surface area contributed by atoms with Crippen molar-refractivity contribution in [1.29, 1.82) is 0 Å². The van der Waals surface area contributed by atoms with Crippen LogP contribution in [0, 0.1) is 0 Å². The molecule has 0 amide bonds. The lowest BCUT2D eigenvalue weighted by Crippen LogP contribution is -2.33. The van der Waals surface area contributed by atoms with E-state index in [4.69, 9.17) is 11.5 Å². The van der Waals surface area contributed by atoms with Crippen molar-refractivity contribution in [2.24, 2.45) is 16.5 Å². The molecular formula is C6H11N3. The molecule has 0 bridgehead atoms. The molecule has 0 aliphatic carbocycles. The normalized spacial score (nSPS) is 34.1. The zero-order valence-electron chi connectivity index (χ0n) is 5.68. The van der Waals surface area contributed by atoms with E-state index >= 15 is 0 Å². The van der Waals surface area contributed by atoms with E-state index in [1.807, 2.05) is 13.8 Å². The summed E-state index contributed by atoms with van der Waals surface area (Å²) in [7, 11) is 0. The second kappa shape index (κ2) is 1.57. The Hall–Kier alpha value is -0.830. The maximum absolute atomic E-state index is 5.68. The van der Waals surface area contributed by atoms with Crippen LogP contribution in [-0.4, -0.2) is 11.5 Å². The van der Waals surface area contributed by atoms with Gasteiger partial charge in [0.15, 0.2) is 0 Å². The minimum atomic E-state index is -0.552. The van der Waals surface area contributed by atoms with Crippen LogP contribution in [0.1, 0.15) is 13.8 Å². The zero-order chi connectivity index (χ0) is 7.07. The molecule has 1 atom stereocenters. The van der Waals surface area contributed by atoms with Crippen molar-refractivity contribution in [3.05, 3.63) is 11.6 Å².